The third kappa shape index (κ3) is 4.54. The Balaban J connectivity index is 1.62. The topological polar surface area (TPSA) is 52.7 Å². The summed E-state index contributed by atoms with van der Waals surface area (Å²) in [6.45, 7) is 2.30. The fourth-order valence-electron chi connectivity index (χ4n) is 3.62. The molecule has 0 radical (unpaired) electrons. The first-order valence-electron chi connectivity index (χ1n) is 8.82. The average Bonchev–Trinajstić information content (AvgIpc) is 3.08. The summed E-state index contributed by atoms with van der Waals surface area (Å²) in [4.78, 5) is 28.7. The van der Waals surface area contributed by atoms with E-state index in [0.29, 0.717) is 6.54 Å². The number of nitrogens with zero attached hydrogens (tertiary/aromatic N) is 2. The van der Waals surface area contributed by atoms with Crippen LogP contribution in [-0.2, 0) is 9.59 Å². The van der Waals surface area contributed by atoms with E-state index in [1.807, 2.05) is 9.80 Å². The lowest BCUT2D eigenvalue weighted by Gasteiger charge is -2.36. The molecule has 0 aromatic heterocycles. The molecule has 0 spiro atoms. The predicted octanol–water partition coefficient (Wildman–Crippen LogP) is 2.38. The van der Waals surface area contributed by atoms with E-state index in [1.54, 1.807) is 0 Å². The normalized spacial score (nSPS) is 21.4. The average molecular weight is 351 g/mol. The van der Waals surface area contributed by atoms with Crippen LogP contribution in [0, 0.1) is 11.6 Å². The van der Waals surface area contributed by atoms with Gasteiger partial charge in [-0.3, -0.25) is 14.5 Å². The number of piperidine rings is 1. The highest BCUT2D eigenvalue weighted by atomic mass is 19.1. The van der Waals surface area contributed by atoms with Gasteiger partial charge in [-0.1, -0.05) is 6.42 Å². The number of hydrogen-bond donors (Lipinski definition) is 1. The van der Waals surface area contributed by atoms with Crippen LogP contribution in [-0.4, -0.2) is 53.8 Å². The summed E-state index contributed by atoms with van der Waals surface area (Å²) in [6.07, 6.45) is 4.72. The van der Waals surface area contributed by atoms with Crippen molar-refractivity contribution >= 4 is 17.5 Å². The van der Waals surface area contributed by atoms with Gasteiger partial charge in [0.2, 0.25) is 11.8 Å². The van der Waals surface area contributed by atoms with Gasteiger partial charge < -0.3 is 10.2 Å². The van der Waals surface area contributed by atoms with Crippen LogP contribution in [0.1, 0.15) is 32.1 Å². The number of benzene rings is 1. The largest absolute Gasteiger partial charge is 0.341 e. The Morgan fingerprint density at radius 2 is 1.64 bits per heavy atom. The Morgan fingerprint density at radius 3 is 2.32 bits per heavy atom. The molecule has 1 aromatic rings. The van der Waals surface area contributed by atoms with Gasteiger partial charge in [0.1, 0.15) is 11.6 Å². The van der Waals surface area contributed by atoms with E-state index in [0.717, 1.165) is 63.4 Å². The molecule has 2 heterocycles. The molecule has 1 unspecified atom stereocenters. The fourth-order valence-corrected chi connectivity index (χ4v) is 3.62. The van der Waals surface area contributed by atoms with Gasteiger partial charge in [-0.15, -0.1) is 0 Å². The quantitative estimate of drug-likeness (QED) is 0.906. The molecule has 7 heteroatoms. The van der Waals surface area contributed by atoms with E-state index in [4.69, 9.17) is 0 Å². The number of carbonyl (C=O) groups is 2. The van der Waals surface area contributed by atoms with Crippen molar-refractivity contribution < 1.29 is 18.4 Å². The Kier molecular flexibility index (Phi) is 5.63. The van der Waals surface area contributed by atoms with Crippen LogP contribution in [0.25, 0.3) is 0 Å². The van der Waals surface area contributed by atoms with Gasteiger partial charge in [-0.05, 0) is 44.4 Å². The first-order chi connectivity index (χ1) is 12.0. The van der Waals surface area contributed by atoms with Gasteiger partial charge in [-0.25, -0.2) is 8.78 Å². The number of halogens is 2. The summed E-state index contributed by atoms with van der Waals surface area (Å²) in [7, 11) is 0. The highest BCUT2D eigenvalue weighted by molar-refractivity contribution is 5.93. The zero-order valence-corrected chi connectivity index (χ0v) is 14.1. The smallest absolute Gasteiger partial charge is 0.239 e. The molecule has 0 aliphatic carbocycles. The minimum atomic E-state index is -0.740. The first-order valence-corrected chi connectivity index (χ1v) is 8.82. The summed E-state index contributed by atoms with van der Waals surface area (Å²) in [5.74, 6) is -1.75. The van der Waals surface area contributed by atoms with Crippen molar-refractivity contribution in [3.8, 4) is 0 Å². The molecule has 2 saturated heterocycles. The second kappa shape index (κ2) is 7.91. The molecule has 3 rings (SSSR count). The fraction of sp³-hybridized carbons (Fsp3) is 0.556. The minimum Gasteiger partial charge on any atom is -0.341 e. The van der Waals surface area contributed by atoms with Gasteiger partial charge >= 0.3 is 0 Å². The van der Waals surface area contributed by atoms with E-state index < -0.39 is 11.6 Å². The van der Waals surface area contributed by atoms with E-state index in [2.05, 4.69) is 5.32 Å². The van der Waals surface area contributed by atoms with Crippen molar-refractivity contribution in [3.05, 3.63) is 29.8 Å². The molecule has 1 aromatic carbocycles. The number of rotatable bonds is 4. The molecule has 136 valence electrons. The Morgan fingerprint density at radius 1 is 1.00 bits per heavy atom. The van der Waals surface area contributed by atoms with Gasteiger partial charge in [0.15, 0.2) is 0 Å². The molecule has 2 fully saturated rings. The number of likely N-dealkylation sites (tertiary alicyclic amines) is 2. The predicted molar refractivity (Wildman–Crippen MR) is 90.0 cm³/mol. The van der Waals surface area contributed by atoms with Crippen LogP contribution >= 0.6 is 0 Å². The lowest BCUT2D eigenvalue weighted by atomic mass is 10.0. The van der Waals surface area contributed by atoms with Crippen molar-refractivity contribution in [3.63, 3.8) is 0 Å². The van der Waals surface area contributed by atoms with Crippen LogP contribution in [0.15, 0.2) is 18.2 Å². The summed E-state index contributed by atoms with van der Waals surface area (Å²) in [5, 5.41) is 2.51. The van der Waals surface area contributed by atoms with Crippen LogP contribution < -0.4 is 5.32 Å². The van der Waals surface area contributed by atoms with Crippen LogP contribution in [0.5, 0.6) is 0 Å². The van der Waals surface area contributed by atoms with Crippen molar-refractivity contribution in [1.29, 1.82) is 0 Å². The summed E-state index contributed by atoms with van der Waals surface area (Å²) >= 11 is 0. The van der Waals surface area contributed by atoms with Crippen LogP contribution in [0.3, 0.4) is 0 Å². The molecule has 1 N–H and O–H groups in total. The number of hydrogen-bond acceptors (Lipinski definition) is 3. The molecule has 5 nitrogen and oxygen atoms in total. The minimum absolute atomic E-state index is 0.0440. The van der Waals surface area contributed by atoms with E-state index in [1.165, 1.54) is 0 Å². The zero-order chi connectivity index (χ0) is 17.8. The molecular weight excluding hydrogens is 328 g/mol. The third-order valence-corrected chi connectivity index (χ3v) is 4.81. The van der Waals surface area contributed by atoms with Gasteiger partial charge in [-0.2, -0.15) is 0 Å². The number of anilines is 1. The van der Waals surface area contributed by atoms with Crippen molar-refractivity contribution in [1.82, 2.24) is 9.80 Å². The van der Waals surface area contributed by atoms with Crippen molar-refractivity contribution in [2.75, 3.05) is 31.5 Å². The van der Waals surface area contributed by atoms with Crippen molar-refractivity contribution in [2.45, 2.75) is 38.1 Å². The molecule has 1 atom stereocenters. The first kappa shape index (κ1) is 17.8. The van der Waals surface area contributed by atoms with Gasteiger partial charge in [0.25, 0.3) is 0 Å². The maximum absolute atomic E-state index is 13.2. The molecule has 2 amide bonds. The van der Waals surface area contributed by atoms with Crippen LogP contribution in [0.4, 0.5) is 14.5 Å². The summed E-state index contributed by atoms with van der Waals surface area (Å²) in [6, 6.07) is 2.63. The SMILES string of the molecule is O=C(CN1CCCCC1C(=O)N1CCCC1)Nc1cc(F)cc(F)c1. The Bertz CT molecular complexity index is 627. The maximum Gasteiger partial charge on any atom is 0.239 e. The second-order valence-electron chi connectivity index (χ2n) is 6.72. The van der Waals surface area contributed by atoms with Crippen molar-refractivity contribution in [2.24, 2.45) is 0 Å². The van der Waals surface area contributed by atoms with E-state index >= 15 is 0 Å². The van der Waals surface area contributed by atoms with Crippen LogP contribution in [0.2, 0.25) is 0 Å². The molecule has 2 aliphatic heterocycles. The third-order valence-electron chi connectivity index (χ3n) is 4.81. The highest BCUT2D eigenvalue weighted by Gasteiger charge is 2.33. The molecule has 25 heavy (non-hydrogen) atoms. The lowest BCUT2D eigenvalue weighted by Crippen LogP contribution is -2.52. The standard InChI is InChI=1S/C18H23F2N3O2/c19-13-9-14(20)11-15(10-13)21-17(24)12-23-8-2-1-5-16(23)18(25)22-6-3-4-7-22/h9-11,16H,1-8,12H2,(H,21,24). The molecule has 0 bridgehead atoms. The molecular formula is C18H23F2N3O2. The van der Waals surface area contributed by atoms with Gasteiger partial charge in [0.05, 0.1) is 12.6 Å². The Hall–Kier alpha value is -2.02. The number of carbonyl (C=O) groups excluding carboxylic acids is 2. The number of nitrogens with one attached hydrogen (secondary N) is 1. The molecule has 0 saturated carbocycles. The zero-order valence-electron chi connectivity index (χ0n) is 14.1. The van der Waals surface area contributed by atoms with Gasteiger partial charge in [0, 0.05) is 24.8 Å². The maximum atomic E-state index is 13.2. The Labute approximate surface area is 146 Å². The summed E-state index contributed by atoms with van der Waals surface area (Å²) < 4.78 is 26.5. The highest BCUT2D eigenvalue weighted by Crippen LogP contribution is 2.21. The molecule has 2 aliphatic rings. The number of amides is 2. The monoisotopic (exact) mass is 351 g/mol. The lowest BCUT2D eigenvalue weighted by molar-refractivity contribution is -0.137. The van der Waals surface area contributed by atoms with E-state index in [-0.39, 0.29) is 30.1 Å². The second-order valence-corrected chi connectivity index (χ2v) is 6.72. The summed E-state index contributed by atoms with van der Waals surface area (Å²) in [5.41, 5.74) is 0.0851. The van der Waals surface area contributed by atoms with E-state index in [9.17, 15) is 18.4 Å².